The first-order valence-corrected chi connectivity index (χ1v) is 10.1. The minimum absolute atomic E-state index is 0.0685. The van der Waals surface area contributed by atoms with E-state index in [1.807, 2.05) is 6.07 Å². The van der Waals surface area contributed by atoms with Crippen LogP contribution < -0.4 is 14.4 Å². The molecule has 0 aromatic heterocycles. The van der Waals surface area contributed by atoms with E-state index in [2.05, 4.69) is 4.72 Å². The number of carbonyl (C=O) groups is 1. The summed E-state index contributed by atoms with van der Waals surface area (Å²) < 4.78 is 33.7. The maximum Gasteiger partial charge on any atom is 0.261 e. The van der Waals surface area contributed by atoms with E-state index in [0.717, 1.165) is 24.8 Å². The van der Waals surface area contributed by atoms with Gasteiger partial charge in [-0.2, -0.15) is 0 Å². The first kappa shape index (κ1) is 16.9. The lowest BCUT2D eigenvalue weighted by molar-refractivity contribution is -0.116. The van der Waals surface area contributed by atoms with E-state index >= 15 is 0 Å². The van der Waals surface area contributed by atoms with E-state index in [4.69, 9.17) is 4.74 Å². The van der Waals surface area contributed by atoms with Gasteiger partial charge in [-0.1, -0.05) is 6.07 Å². The van der Waals surface area contributed by atoms with Crippen molar-refractivity contribution in [3.63, 3.8) is 0 Å². The molecule has 2 aromatic rings. The number of nitrogens with one attached hydrogen (secondary N) is 1. The average molecular weight is 372 g/mol. The summed E-state index contributed by atoms with van der Waals surface area (Å²) >= 11 is 0. The first-order chi connectivity index (χ1) is 12.4. The van der Waals surface area contributed by atoms with Crippen molar-refractivity contribution in [3.05, 3.63) is 47.5 Å². The van der Waals surface area contributed by atoms with E-state index in [0.29, 0.717) is 30.3 Å². The van der Waals surface area contributed by atoms with Gasteiger partial charge in [-0.3, -0.25) is 9.52 Å². The Bertz CT molecular complexity index is 985. The standard InChI is InChI=1S/C19H20N2O4S/c1-13(22)21-9-10-25-19-12-16(6-8-18(19)21)20-26(23,24)17-7-5-14-3-2-4-15(14)11-17/h5-8,11-12,20H,2-4,9-10H2,1H3. The van der Waals surface area contributed by atoms with Crippen LogP contribution in [-0.4, -0.2) is 27.5 Å². The van der Waals surface area contributed by atoms with Crippen molar-refractivity contribution in [2.75, 3.05) is 22.8 Å². The van der Waals surface area contributed by atoms with Gasteiger partial charge in [0.15, 0.2) is 0 Å². The minimum atomic E-state index is -3.68. The quantitative estimate of drug-likeness (QED) is 0.899. The van der Waals surface area contributed by atoms with Gasteiger partial charge in [0.1, 0.15) is 12.4 Å². The number of nitrogens with zero attached hydrogens (tertiary/aromatic N) is 1. The molecule has 0 unspecified atom stereocenters. The maximum atomic E-state index is 12.7. The van der Waals surface area contributed by atoms with Gasteiger partial charge in [-0.15, -0.1) is 0 Å². The highest BCUT2D eigenvalue weighted by atomic mass is 32.2. The molecule has 0 bridgehead atoms. The molecule has 0 spiro atoms. The number of aryl methyl sites for hydroxylation is 2. The zero-order valence-electron chi connectivity index (χ0n) is 14.5. The highest BCUT2D eigenvalue weighted by molar-refractivity contribution is 7.92. The largest absolute Gasteiger partial charge is 0.489 e. The fraction of sp³-hybridized carbons (Fsp3) is 0.316. The van der Waals surface area contributed by atoms with Crippen LogP contribution in [0.2, 0.25) is 0 Å². The summed E-state index contributed by atoms with van der Waals surface area (Å²) in [5.74, 6) is 0.432. The minimum Gasteiger partial charge on any atom is -0.489 e. The molecule has 26 heavy (non-hydrogen) atoms. The van der Waals surface area contributed by atoms with Crippen LogP contribution in [0, 0.1) is 0 Å². The van der Waals surface area contributed by atoms with Gasteiger partial charge in [0.05, 0.1) is 22.8 Å². The molecule has 0 atom stereocenters. The lowest BCUT2D eigenvalue weighted by atomic mass is 10.1. The van der Waals surface area contributed by atoms with Gasteiger partial charge in [0.2, 0.25) is 5.91 Å². The van der Waals surface area contributed by atoms with Gasteiger partial charge in [-0.05, 0) is 54.7 Å². The third kappa shape index (κ3) is 3.03. The van der Waals surface area contributed by atoms with Crippen LogP contribution >= 0.6 is 0 Å². The zero-order valence-corrected chi connectivity index (χ0v) is 15.3. The maximum absolute atomic E-state index is 12.7. The fourth-order valence-electron chi connectivity index (χ4n) is 3.54. The molecule has 0 fully saturated rings. The number of anilines is 2. The first-order valence-electron chi connectivity index (χ1n) is 8.64. The number of hydrogen-bond acceptors (Lipinski definition) is 4. The molecule has 1 aliphatic heterocycles. The number of amides is 1. The molecule has 4 rings (SSSR count). The Kier molecular flexibility index (Phi) is 4.11. The van der Waals surface area contributed by atoms with Crippen molar-refractivity contribution >= 4 is 27.3 Å². The topological polar surface area (TPSA) is 75.7 Å². The lowest BCUT2D eigenvalue weighted by Crippen LogP contribution is -2.36. The molecule has 1 amide bonds. The van der Waals surface area contributed by atoms with Gasteiger partial charge in [0, 0.05) is 13.0 Å². The Morgan fingerprint density at radius 1 is 1.12 bits per heavy atom. The summed E-state index contributed by atoms with van der Waals surface area (Å²) in [5, 5.41) is 0. The summed E-state index contributed by atoms with van der Waals surface area (Å²) in [6.45, 7) is 2.37. The van der Waals surface area contributed by atoms with Gasteiger partial charge in [-0.25, -0.2) is 8.42 Å². The molecule has 1 aliphatic carbocycles. The third-order valence-corrected chi connectivity index (χ3v) is 6.21. The fourth-order valence-corrected chi connectivity index (χ4v) is 4.64. The molecule has 7 heteroatoms. The molecular formula is C19H20N2O4S. The van der Waals surface area contributed by atoms with Crippen molar-refractivity contribution < 1.29 is 17.9 Å². The third-order valence-electron chi connectivity index (χ3n) is 4.84. The SMILES string of the molecule is CC(=O)N1CCOc2cc(NS(=O)(=O)c3ccc4c(c3)CCC4)ccc21. The number of benzene rings is 2. The van der Waals surface area contributed by atoms with Crippen molar-refractivity contribution in [3.8, 4) is 5.75 Å². The van der Waals surface area contributed by atoms with Gasteiger partial charge >= 0.3 is 0 Å². The summed E-state index contributed by atoms with van der Waals surface area (Å²) in [6, 6.07) is 10.3. The number of hydrogen-bond donors (Lipinski definition) is 1. The Labute approximate surface area is 152 Å². The predicted molar refractivity (Wildman–Crippen MR) is 99.2 cm³/mol. The molecule has 6 nitrogen and oxygen atoms in total. The highest BCUT2D eigenvalue weighted by Gasteiger charge is 2.23. The van der Waals surface area contributed by atoms with Crippen LogP contribution in [0.5, 0.6) is 5.75 Å². The number of carbonyl (C=O) groups excluding carboxylic acids is 1. The van der Waals surface area contributed by atoms with Crippen LogP contribution in [-0.2, 0) is 27.7 Å². The van der Waals surface area contributed by atoms with E-state index in [9.17, 15) is 13.2 Å². The van der Waals surface area contributed by atoms with Crippen LogP contribution in [0.3, 0.4) is 0 Å². The molecule has 1 N–H and O–H groups in total. The Hall–Kier alpha value is -2.54. The molecule has 2 aliphatic rings. The Morgan fingerprint density at radius 3 is 2.73 bits per heavy atom. The molecule has 2 aromatic carbocycles. The highest BCUT2D eigenvalue weighted by Crippen LogP contribution is 2.35. The van der Waals surface area contributed by atoms with Crippen LogP contribution in [0.25, 0.3) is 0 Å². The Balaban J connectivity index is 1.62. The van der Waals surface area contributed by atoms with Crippen molar-refractivity contribution in [1.82, 2.24) is 0 Å². The van der Waals surface area contributed by atoms with E-state index in [1.165, 1.54) is 12.5 Å². The van der Waals surface area contributed by atoms with E-state index in [1.54, 1.807) is 35.2 Å². The molecule has 0 radical (unpaired) electrons. The number of ether oxygens (including phenoxy) is 1. The Morgan fingerprint density at radius 2 is 1.92 bits per heavy atom. The predicted octanol–water partition coefficient (Wildman–Crippen LogP) is 2.72. The smallest absolute Gasteiger partial charge is 0.261 e. The van der Waals surface area contributed by atoms with Crippen molar-refractivity contribution in [2.45, 2.75) is 31.1 Å². The second-order valence-electron chi connectivity index (χ2n) is 6.59. The molecular weight excluding hydrogens is 352 g/mol. The summed E-state index contributed by atoms with van der Waals surface area (Å²) in [5.41, 5.74) is 3.41. The van der Waals surface area contributed by atoms with Crippen LogP contribution in [0.4, 0.5) is 11.4 Å². The number of rotatable bonds is 3. The zero-order chi connectivity index (χ0) is 18.3. The molecule has 0 saturated heterocycles. The lowest BCUT2D eigenvalue weighted by Gasteiger charge is -2.29. The molecule has 1 heterocycles. The van der Waals surface area contributed by atoms with Gasteiger partial charge < -0.3 is 9.64 Å². The van der Waals surface area contributed by atoms with E-state index < -0.39 is 10.0 Å². The summed E-state index contributed by atoms with van der Waals surface area (Å²) in [6.07, 6.45) is 3.01. The number of sulfonamides is 1. The molecule has 0 saturated carbocycles. The summed E-state index contributed by atoms with van der Waals surface area (Å²) in [7, 11) is -3.68. The van der Waals surface area contributed by atoms with Gasteiger partial charge in [0.25, 0.3) is 10.0 Å². The average Bonchev–Trinajstić information content (AvgIpc) is 3.08. The van der Waals surface area contributed by atoms with E-state index in [-0.39, 0.29) is 10.8 Å². The molecule has 136 valence electrons. The number of fused-ring (bicyclic) bond motifs is 2. The van der Waals surface area contributed by atoms with Crippen LogP contribution in [0.15, 0.2) is 41.3 Å². The summed E-state index contributed by atoms with van der Waals surface area (Å²) in [4.78, 5) is 13.6. The van der Waals surface area contributed by atoms with Crippen LogP contribution in [0.1, 0.15) is 24.5 Å². The second-order valence-corrected chi connectivity index (χ2v) is 8.27. The van der Waals surface area contributed by atoms with Crippen molar-refractivity contribution in [1.29, 1.82) is 0 Å². The normalized spacial score (nSPS) is 15.8. The second kappa shape index (κ2) is 6.32. The van der Waals surface area contributed by atoms with Crippen molar-refractivity contribution in [2.24, 2.45) is 0 Å². The monoisotopic (exact) mass is 372 g/mol.